The molecule has 2 saturated heterocycles. The van der Waals surface area contributed by atoms with E-state index in [9.17, 15) is 18.3 Å². The van der Waals surface area contributed by atoms with Gasteiger partial charge in [-0.2, -0.15) is 13.5 Å². The molecule has 3 unspecified atom stereocenters. The summed E-state index contributed by atoms with van der Waals surface area (Å²) < 4.78 is 40.3. The van der Waals surface area contributed by atoms with Crippen LogP contribution in [0.1, 0.15) is 37.6 Å². The lowest BCUT2D eigenvalue weighted by molar-refractivity contribution is -0.0317. The summed E-state index contributed by atoms with van der Waals surface area (Å²) in [5, 5.41) is 17.9. The highest BCUT2D eigenvalue weighted by molar-refractivity contribution is 7.80. The zero-order chi connectivity index (χ0) is 17.7. The maximum atomic E-state index is 12.3. The summed E-state index contributed by atoms with van der Waals surface area (Å²) in [6, 6.07) is -1.76. The van der Waals surface area contributed by atoms with E-state index < -0.39 is 34.2 Å². The van der Waals surface area contributed by atoms with Gasteiger partial charge in [0, 0.05) is 6.54 Å². The summed E-state index contributed by atoms with van der Waals surface area (Å²) in [5.74, 6) is 0.284. The van der Waals surface area contributed by atoms with Crippen LogP contribution in [0.3, 0.4) is 0 Å². The molecule has 4 N–H and O–H groups in total. The van der Waals surface area contributed by atoms with Gasteiger partial charge >= 0.3 is 16.4 Å². The topological polar surface area (TPSA) is 172 Å². The minimum Gasteiger partial charge on any atom is -0.423 e. The van der Waals surface area contributed by atoms with E-state index in [0.717, 1.165) is 0 Å². The average Bonchev–Trinajstić information content (AvgIpc) is 2.96. The smallest absolute Gasteiger partial charge is 0.418 e. The number of hydrogen-bond acceptors (Lipinski definition) is 9. The molecule has 2 aliphatic heterocycles. The Morgan fingerprint density at radius 1 is 1.46 bits per heavy atom. The lowest BCUT2D eigenvalue weighted by Crippen LogP contribution is -2.38. The Balaban J connectivity index is 1.77. The van der Waals surface area contributed by atoms with Crippen LogP contribution in [0.5, 0.6) is 0 Å². The van der Waals surface area contributed by atoms with Crippen molar-refractivity contribution in [3.8, 4) is 0 Å². The fourth-order valence-corrected chi connectivity index (χ4v) is 3.26. The maximum Gasteiger partial charge on any atom is 0.418 e. The minimum atomic E-state index is -4.79. The largest absolute Gasteiger partial charge is 0.423 e. The lowest BCUT2D eigenvalue weighted by Gasteiger charge is -2.27. The maximum absolute atomic E-state index is 12.3. The second kappa shape index (κ2) is 5.63. The zero-order valence-corrected chi connectivity index (χ0v) is 13.5. The molecular formula is C11H17N5O7S. The standard InChI is InChI=1S/C11H17N5O7S/c1-11(12,18)4-8-13-14-9(22-8)7-3-2-6-5-15(7)10(17)16(6)23-24(19,20)21/h6-7,18H,2-5,12H2,1H3,(H,19,20,21). The molecule has 24 heavy (non-hydrogen) atoms. The van der Waals surface area contributed by atoms with Crippen LogP contribution in [0.25, 0.3) is 0 Å². The predicted molar refractivity (Wildman–Crippen MR) is 75.2 cm³/mol. The van der Waals surface area contributed by atoms with E-state index in [0.29, 0.717) is 17.9 Å². The third-order valence-corrected chi connectivity index (χ3v) is 4.12. The van der Waals surface area contributed by atoms with Gasteiger partial charge in [0.05, 0.1) is 12.5 Å². The quantitative estimate of drug-likeness (QED) is 0.433. The highest BCUT2D eigenvalue weighted by Crippen LogP contribution is 2.38. The van der Waals surface area contributed by atoms with E-state index >= 15 is 0 Å². The number of nitrogens with two attached hydrogens (primary N) is 1. The SMILES string of the molecule is CC(N)(O)Cc1nnc(C2CCC3CN2C(=O)N3OS(=O)(=O)O)o1. The Morgan fingerprint density at radius 2 is 2.17 bits per heavy atom. The Hall–Kier alpha value is -1.80. The van der Waals surface area contributed by atoms with E-state index in [2.05, 4.69) is 14.5 Å². The molecule has 0 aliphatic carbocycles. The van der Waals surface area contributed by atoms with Crippen LogP contribution in [-0.2, 0) is 21.1 Å². The highest BCUT2D eigenvalue weighted by atomic mass is 32.3. The summed E-state index contributed by atoms with van der Waals surface area (Å²) in [5.41, 5.74) is 3.96. The summed E-state index contributed by atoms with van der Waals surface area (Å²) in [7, 11) is -4.79. The van der Waals surface area contributed by atoms with Crippen molar-refractivity contribution in [3.63, 3.8) is 0 Å². The predicted octanol–water partition coefficient (Wildman–Crippen LogP) is -1.05. The van der Waals surface area contributed by atoms with Crippen LogP contribution in [0, 0.1) is 0 Å². The number of fused-ring (bicyclic) bond motifs is 2. The average molecular weight is 363 g/mol. The first-order valence-electron chi connectivity index (χ1n) is 7.14. The molecule has 2 fully saturated rings. The van der Waals surface area contributed by atoms with Crippen molar-refractivity contribution in [2.45, 2.75) is 44.0 Å². The van der Waals surface area contributed by atoms with Crippen LogP contribution in [0.2, 0.25) is 0 Å². The van der Waals surface area contributed by atoms with Crippen molar-refractivity contribution in [1.29, 1.82) is 0 Å². The summed E-state index contributed by atoms with van der Waals surface area (Å²) >= 11 is 0. The van der Waals surface area contributed by atoms with Crippen LogP contribution in [0.15, 0.2) is 4.42 Å². The fraction of sp³-hybridized carbons (Fsp3) is 0.727. The molecule has 2 aliphatic rings. The molecule has 2 amide bonds. The Bertz CT molecular complexity index is 742. The molecule has 1 aromatic heterocycles. The molecule has 134 valence electrons. The molecule has 1 aromatic rings. The van der Waals surface area contributed by atoms with Crippen LogP contribution in [0.4, 0.5) is 4.79 Å². The molecule has 0 saturated carbocycles. The minimum absolute atomic E-state index is 0.0543. The molecule has 0 aromatic carbocycles. The molecule has 12 nitrogen and oxygen atoms in total. The number of piperidine rings is 1. The van der Waals surface area contributed by atoms with E-state index in [4.69, 9.17) is 14.7 Å². The number of aromatic nitrogens is 2. The van der Waals surface area contributed by atoms with E-state index in [-0.39, 0.29) is 24.7 Å². The van der Waals surface area contributed by atoms with Gasteiger partial charge in [-0.1, -0.05) is 0 Å². The van der Waals surface area contributed by atoms with Crippen molar-refractivity contribution in [2.75, 3.05) is 6.54 Å². The van der Waals surface area contributed by atoms with Crippen LogP contribution >= 0.6 is 0 Å². The molecule has 13 heteroatoms. The van der Waals surface area contributed by atoms with Gasteiger partial charge in [-0.05, 0) is 19.8 Å². The molecule has 0 spiro atoms. The Morgan fingerprint density at radius 3 is 2.79 bits per heavy atom. The van der Waals surface area contributed by atoms with Gasteiger partial charge in [-0.15, -0.1) is 14.5 Å². The molecule has 3 atom stereocenters. The number of urea groups is 1. The van der Waals surface area contributed by atoms with Gasteiger partial charge in [0.2, 0.25) is 11.8 Å². The van der Waals surface area contributed by atoms with Crippen molar-refractivity contribution < 1.29 is 31.6 Å². The first-order chi connectivity index (χ1) is 11.0. The van der Waals surface area contributed by atoms with Crippen molar-refractivity contribution in [1.82, 2.24) is 20.2 Å². The number of rotatable bonds is 5. The zero-order valence-electron chi connectivity index (χ0n) is 12.7. The number of hydrogen-bond donors (Lipinski definition) is 3. The monoisotopic (exact) mass is 363 g/mol. The molecule has 0 radical (unpaired) electrons. The first-order valence-corrected chi connectivity index (χ1v) is 8.50. The van der Waals surface area contributed by atoms with Crippen LogP contribution in [-0.4, -0.2) is 62.6 Å². The number of hydroxylamine groups is 2. The van der Waals surface area contributed by atoms with Gasteiger partial charge in [0.25, 0.3) is 0 Å². The normalized spacial score (nSPS) is 26.8. The lowest BCUT2D eigenvalue weighted by atomic mass is 10.0. The van der Waals surface area contributed by atoms with E-state index in [1.54, 1.807) is 0 Å². The van der Waals surface area contributed by atoms with Crippen molar-refractivity contribution in [3.05, 3.63) is 11.8 Å². The molecular weight excluding hydrogens is 346 g/mol. The number of aliphatic hydroxyl groups is 1. The number of carbonyl (C=O) groups is 1. The number of nitrogens with zero attached hydrogens (tertiary/aromatic N) is 4. The summed E-state index contributed by atoms with van der Waals surface area (Å²) in [6.45, 7) is 1.59. The second-order valence-electron chi connectivity index (χ2n) is 6.08. The fourth-order valence-electron chi connectivity index (χ4n) is 2.87. The summed E-state index contributed by atoms with van der Waals surface area (Å²) in [4.78, 5) is 13.6. The van der Waals surface area contributed by atoms with Gasteiger partial charge in [-0.25, -0.2) is 4.79 Å². The molecule has 3 heterocycles. The second-order valence-corrected chi connectivity index (χ2v) is 7.08. The van der Waals surface area contributed by atoms with Crippen molar-refractivity contribution in [2.24, 2.45) is 5.73 Å². The Labute approximate surface area is 137 Å². The van der Waals surface area contributed by atoms with Gasteiger partial charge in [0.15, 0.2) is 0 Å². The third-order valence-electron chi connectivity index (χ3n) is 3.77. The number of amides is 2. The third kappa shape index (κ3) is 3.49. The van der Waals surface area contributed by atoms with E-state index in [1.807, 2.05) is 0 Å². The number of carbonyl (C=O) groups excluding carboxylic acids is 1. The van der Waals surface area contributed by atoms with Crippen LogP contribution < -0.4 is 5.73 Å². The van der Waals surface area contributed by atoms with Gasteiger partial charge in [-0.3, -0.25) is 4.55 Å². The molecule has 3 rings (SSSR count). The summed E-state index contributed by atoms with van der Waals surface area (Å²) in [6.07, 6.45) is 0.818. The Kier molecular flexibility index (Phi) is 4.00. The van der Waals surface area contributed by atoms with E-state index in [1.165, 1.54) is 11.8 Å². The highest BCUT2D eigenvalue weighted by Gasteiger charge is 2.49. The molecule has 2 bridgehead atoms. The van der Waals surface area contributed by atoms with Crippen molar-refractivity contribution >= 4 is 16.4 Å². The van der Waals surface area contributed by atoms with Gasteiger partial charge < -0.3 is 20.2 Å². The first kappa shape index (κ1) is 17.0. The van der Waals surface area contributed by atoms with Gasteiger partial charge in [0.1, 0.15) is 11.8 Å².